The smallest absolute Gasteiger partial charge is 0.258 e. The third-order valence-electron chi connectivity index (χ3n) is 2.73. The summed E-state index contributed by atoms with van der Waals surface area (Å²) in [6.45, 7) is 0. The SMILES string of the molecule is CN(C(=O)c1cccc(F)c1)c1cc(Cl)ccc1N. The number of nitrogens with zero attached hydrogens (tertiary/aromatic N) is 1. The highest BCUT2D eigenvalue weighted by Gasteiger charge is 2.16. The minimum atomic E-state index is -0.460. The molecule has 0 aliphatic heterocycles. The summed E-state index contributed by atoms with van der Waals surface area (Å²) in [7, 11) is 1.56. The summed E-state index contributed by atoms with van der Waals surface area (Å²) in [4.78, 5) is 13.6. The van der Waals surface area contributed by atoms with Gasteiger partial charge in [0.15, 0.2) is 0 Å². The fraction of sp³-hybridized carbons (Fsp3) is 0.0714. The second-order valence-electron chi connectivity index (χ2n) is 4.08. The van der Waals surface area contributed by atoms with Crippen LogP contribution in [0, 0.1) is 5.82 Å². The number of halogens is 2. The van der Waals surface area contributed by atoms with Gasteiger partial charge in [0.2, 0.25) is 0 Å². The van der Waals surface area contributed by atoms with Gasteiger partial charge in [-0.3, -0.25) is 4.79 Å². The Balaban J connectivity index is 2.36. The lowest BCUT2D eigenvalue weighted by Crippen LogP contribution is -2.27. The maximum Gasteiger partial charge on any atom is 0.258 e. The summed E-state index contributed by atoms with van der Waals surface area (Å²) in [6, 6.07) is 10.3. The number of hydrogen-bond acceptors (Lipinski definition) is 2. The Kier molecular flexibility index (Phi) is 3.71. The Labute approximate surface area is 115 Å². The molecule has 19 heavy (non-hydrogen) atoms. The van der Waals surface area contributed by atoms with E-state index in [9.17, 15) is 9.18 Å². The fourth-order valence-electron chi connectivity index (χ4n) is 1.73. The highest BCUT2D eigenvalue weighted by atomic mass is 35.5. The topological polar surface area (TPSA) is 46.3 Å². The molecule has 3 nitrogen and oxygen atoms in total. The van der Waals surface area contributed by atoms with Crippen molar-refractivity contribution in [3.05, 3.63) is 58.9 Å². The van der Waals surface area contributed by atoms with E-state index in [0.717, 1.165) is 0 Å². The number of nitrogen functional groups attached to an aromatic ring is 1. The van der Waals surface area contributed by atoms with Crippen LogP contribution in [0.2, 0.25) is 5.02 Å². The molecule has 0 radical (unpaired) electrons. The van der Waals surface area contributed by atoms with Gasteiger partial charge in [-0.25, -0.2) is 4.39 Å². The summed E-state index contributed by atoms with van der Waals surface area (Å²) < 4.78 is 13.1. The maximum atomic E-state index is 13.1. The number of anilines is 2. The quantitative estimate of drug-likeness (QED) is 0.857. The van der Waals surface area contributed by atoms with Crippen molar-refractivity contribution < 1.29 is 9.18 Å². The molecule has 0 fully saturated rings. The van der Waals surface area contributed by atoms with E-state index in [-0.39, 0.29) is 11.5 Å². The zero-order chi connectivity index (χ0) is 14.0. The minimum absolute atomic E-state index is 0.252. The van der Waals surface area contributed by atoms with Crippen LogP contribution >= 0.6 is 11.6 Å². The summed E-state index contributed by atoms with van der Waals surface area (Å²) in [5, 5.41) is 0.475. The zero-order valence-corrected chi connectivity index (χ0v) is 11.0. The van der Waals surface area contributed by atoms with Gasteiger partial charge in [-0.2, -0.15) is 0 Å². The molecule has 2 rings (SSSR count). The molecule has 0 spiro atoms. The number of nitrogens with two attached hydrogens (primary N) is 1. The Morgan fingerprint density at radius 1 is 1.26 bits per heavy atom. The highest BCUT2D eigenvalue weighted by Crippen LogP contribution is 2.27. The molecule has 0 unspecified atom stereocenters. The molecule has 2 aromatic rings. The Morgan fingerprint density at radius 2 is 2.00 bits per heavy atom. The van der Waals surface area contributed by atoms with Gasteiger partial charge < -0.3 is 10.6 Å². The summed E-state index contributed by atoms with van der Waals surface area (Å²) in [6.07, 6.45) is 0. The predicted octanol–water partition coefficient (Wildman–Crippen LogP) is 3.34. The first-order chi connectivity index (χ1) is 8.99. The molecule has 5 heteroatoms. The minimum Gasteiger partial charge on any atom is -0.397 e. The first kappa shape index (κ1) is 13.4. The van der Waals surface area contributed by atoms with Crippen molar-refractivity contribution in [3.8, 4) is 0 Å². The van der Waals surface area contributed by atoms with Crippen LogP contribution in [0.5, 0.6) is 0 Å². The fourth-order valence-corrected chi connectivity index (χ4v) is 1.90. The van der Waals surface area contributed by atoms with E-state index in [1.54, 1.807) is 31.3 Å². The van der Waals surface area contributed by atoms with Crippen molar-refractivity contribution in [2.24, 2.45) is 0 Å². The van der Waals surface area contributed by atoms with Crippen LogP contribution in [0.3, 0.4) is 0 Å². The molecule has 2 N–H and O–H groups in total. The number of rotatable bonds is 2. The van der Waals surface area contributed by atoms with E-state index in [1.807, 2.05) is 0 Å². The van der Waals surface area contributed by atoms with E-state index in [2.05, 4.69) is 0 Å². The molecular formula is C14H12ClFN2O. The van der Waals surface area contributed by atoms with Crippen LogP contribution in [-0.4, -0.2) is 13.0 Å². The average Bonchev–Trinajstić information content (AvgIpc) is 2.40. The summed E-state index contributed by atoms with van der Waals surface area (Å²) in [5.41, 5.74) is 6.98. The number of carbonyl (C=O) groups excluding carboxylic acids is 1. The predicted molar refractivity (Wildman–Crippen MR) is 75.0 cm³/mol. The molecular weight excluding hydrogens is 267 g/mol. The lowest BCUT2D eigenvalue weighted by atomic mass is 10.1. The molecule has 0 aliphatic carbocycles. The molecule has 0 bridgehead atoms. The van der Waals surface area contributed by atoms with Gasteiger partial charge in [0.05, 0.1) is 11.4 Å². The van der Waals surface area contributed by atoms with Gasteiger partial charge in [0, 0.05) is 17.6 Å². The molecule has 98 valence electrons. The number of hydrogen-bond donors (Lipinski definition) is 1. The maximum absolute atomic E-state index is 13.1. The van der Waals surface area contributed by atoms with Crippen molar-refractivity contribution >= 4 is 28.9 Å². The van der Waals surface area contributed by atoms with Gasteiger partial charge in [-0.15, -0.1) is 0 Å². The van der Waals surface area contributed by atoms with Crippen LogP contribution < -0.4 is 10.6 Å². The standard InChI is InChI=1S/C14H12ClFN2O/c1-18(13-8-10(15)5-6-12(13)17)14(19)9-3-2-4-11(16)7-9/h2-8H,17H2,1H3. The van der Waals surface area contributed by atoms with E-state index < -0.39 is 5.82 Å². The number of amides is 1. The van der Waals surface area contributed by atoms with Gasteiger partial charge in [-0.05, 0) is 36.4 Å². The molecule has 1 amide bonds. The Morgan fingerprint density at radius 3 is 2.68 bits per heavy atom. The van der Waals surface area contributed by atoms with Crippen LogP contribution in [0.15, 0.2) is 42.5 Å². The van der Waals surface area contributed by atoms with Gasteiger partial charge in [0.25, 0.3) is 5.91 Å². The van der Waals surface area contributed by atoms with E-state index >= 15 is 0 Å². The van der Waals surface area contributed by atoms with Crippen molar-refractivity contribution in [1.29, 1.82) is 0 Å². The van der Waals surface area contributed by atoms with Crippen LogP contribution in [0.1, 0.15) is 10.4 Å². The van der Waals surface area contributed by atoms with Crippen molar-refractivity contribution in [1.82, 2.24) is 0 Å². The molecule has 0 saturated carbocycles. The van der Waals surface area contributed by atoms with Crippen molar-refractivity contribution in [2.45, 2.75) is 0 Å². The molecule has 0 aromatic heterocycles. The first-order valence-electron chi connectivity index (χ1n) is 5.57. The van der Waals surface area contributed by atoms with Gasteiger partial charge in [-0.1, -0.05) is 17.7 Å². The highest BCUT2D eigenvalue weighted by molar-refractivity contribution is 6.31. The number of carbonyl (C=O) groups is 1. The van der Waals surface area contributed by atoms with Crippen molar-refractivity contribution in [2.75, 3.05) is 17.7 Å². The largest absolute Gasteiger partial charge is 0.397 e. The van der Waals surface area contributed by atoms with Crippen LogP contribution in [-0.2, 0) is 0 Å². The molecule has 0 atom stereocenters. The summed E-state index contributed by atoms with van der Waals surface area (Å²) in [5.74, 6) is -0.813. The molecule has 0 heterocycles. The lowest BCUT2D eigenvalue weighted by Gasteiger charge is -2.19. The van der Waals surface area contributed by atoms with E-state index in [1.165, 1.54) is 23.1 Å². The number of benzene rings is 2. The summed E-state index contributed by atoms with van der Waals surface area (Å²) >= 11 is 5.88. The molecule has 2 aromatic carbocycles. The monoisotopic (exact) mass is 278 g/mol. The zero-order valence-electron chi connectivity index (χ0n) is 10.2. The van der Waals surface area contributed by atoms with Crippen molar-refractivity contribution in [3.63, 3.8) is 0 Å². The second-order valence-corrected chi connectivity index (χ2v) is 4.51. The van der Waals surface area contributed by atoms with Crippen LogP contribution in [0.25, 0.3) is 0 Å². The Bertz CT molecular complexity index is 631. The van der Waals surface area contributed by atoms with Crippen LogP contribution in [0.4, 0.5) is 15.8 Å². The normalized spacial score (nSPS) is 10.3. The van der Waals surface area contributed by atoms with E-state index in [0.29, 0.717) is 16.4 Å². The Hall–Kier alpha value is -2.07. The molecule has 0 aliphatic rings. The van der Waals surface area contributed by atoms with E-state index in [4.69, 9.17) is 17.3 Å². The second kappa shape index (κ2) is 5.28. The van der Waals surface area contributed by atoms with Gasteiger partial charge in [0.1, 0.15) is 5.82 Å². The molecule has 0 saturated heterocycles. The third-order valence-corrected chi connectivity index (χ3v) is 2.97. The van der Waals surface area contributed by atoms with Gasteiger partial charge >= 0.3 is 0 Å². The first-order valence-corrected chi connectivity index (χ1v) is 5.95. The average molecular weight is 279 g/mol. The lowest BCUT2D eigenvalue weighted by molar-refractivity contribution is 0.0992. The third kappa shape index (κ3) is 2.85.